The van der Waals surface area contributed by atoms with E-state index in [4.69, 9.17) is 0 Å². The highest BCUT2D eigenvalue weighted by Gasteiger charge is 2.18. The first-order valence-electron chi connectivity index (χ1n) is 12.0. The van der Waals surface area contributed by atoms with Crippen LogP contribution in [0.5, 0.6) is 23.0 Å². The lowest BCUT2D eigenvalue weighted by molar-refractivity contribution is 0.0977. The van der Waals surface area contributed by atoms with Gasteiger partial charge in [-0.05, 0) is 83.4 Å². The molecule has 2 rings (SSSR count). The molecule has 5 heteroatoms. The van der Waals surface area contributed by atoms with Crippen molar-refractivity contribution in [3.8, 4) is 23.0 Å². The molecule has 0 heterocycles. The molecule has 0 fully saturated rings. The Morgan fingerprint density at radius 2 is 1.29 bits per heavy atom. The summed E-state index contributed by atoms with van der Waals surface area (Å²) in [6, 6.07) is 5.91. The SMILES string of the molecule is CC(C)=CCC/C(C)=C/Cc1cc(CCC(=O)c2c(O)cc(O)cc2O)cc(CC=C(C)C)c1O. The molecule has 0 spiro atoms. The Morgan fingerprint density at radius 1 is 0.743 bits per heavy atom. The van der Waals surface area contributed by atoms with Crippen molar-refractivity contribution in [2.24, 2.45) is 0 Å². The summed E-state index contributed by atoms with van der Waals surface area (Å²) in [6.45, 7) is 10.3. The van der Waals surface area contributed by atoms with Crippen LogP contribution >= 0.6 is 0 Å². The maximum atomic E-state index is 12.7. The van der Waals surface area contributed by atoms with Gasteiger partial charge in [-0.3, -0.25) is 4.79 Å². The summed E-state index contributed by atoms with van der Waals surface area (Å²) in [6.07, 6.45) is 9.99. The van der Waals surface area contributed by atoms with Gasteiger partial charge < -0.3 is 20.4 Å². The molecule has 0 amide bonds. The third-order valence-corrected chi connectivity index (χ3v) is 5.82. The van der Waals surface area contributed by atoms with Gasteiger partial charge in [-0.25, -0.2) is 0 Å². The maximum Gasteiger partial charge on any atom is 0.170 e. The van der Waals surface area contributed by atoms with Crippen LogP contribution in [0.4, 0.5) is 0 Å². The monoisotopic (exact) mass is 478 g/mol. The van der Waals surface area contributed by atoms with Crippen LogP contribution in [0.2, 0.25) is 0 Å². The van der Waals surface area contributed by atoms with E-state index in [1.165, 1.54) is 11.1 Å². The standard InChI is InChI=1S/C30H38O5/c1-19(2)7-6-8-21(5)10-13-24-16-22(15-23(30(24)35)12-9-20(3)4)11-14-26(32)29-27(33)17-25(31)18-28(29)34/h7,9-10,15-18,31,33-35H,6,8,11-14H2,1-5H3/b21-10+. The molecule has 0 bridgehead atoms. The number of aromatic hydroxyl groups is 4. The second-order valence-corrected chi connectivity index (χ2v) is 9.61. The van der Waals surface area contributed by atoms with E-state index in [-0.39, 0.29) is 23.5 Å². The lowest BCUT2D eigenvalue weighted by atomic mass is 9.94. The molecule has 0 aliphatic carbocycles. The minimum Gasteiger partial charge on any atom is -0.508 e. The Morgan fingerprint density at radius 3 is 1.83 bits per heavy atom. The van der Waals surface area contributed by atoms with Crippen LogP contribution in [-0.2, 0) is 19.3 Å². The number of phenolic OH excluding ortho intramolecular Hbond substituents is 4. The van der Waals surface area contributed by atoms with Crippen LogP contribution < -0.4 is 0 Å². The highest BCUT2D eigenvalue weighted by molar-refractivity contribution is 6.01. The van der Waals surface area contributed by atoms with Gasteiger partial charge in [-0.2, -0.15) is 0 Å². The van der Waals surface area contributed by atoms with Crippen molar-refractivity contribution in [1.82, 2.24) is 0 Å². The van der Waals surface area contributed by atoms with Gasteiger partial charge in [0.05, 0.1) is 0 Å². The van der Waals surface area contributed by atoms with Crippen LogP contribution in [0.1, 0.15) is 80.9 Å². The normalized spacial score (nSPS) is 11.3. The van der Waals surface area contributed by atoms with Crippen molar-refractivity contribution in [1.29, 1.82) is 0 Å². The number of carbonyl (C=O) groups is 1. The summed E-state index contributed by atoms with van der Waals surface area (Å²) >= 11 is 0. The third-order valence-electron chi connectivity index (χ3n) is 5.82. The Labute approximate surface area is 208 Å². The van der Waals surface area contributed by atoms with Crippen LogP contribution in [0.25, 0.3) is 0 Å². The molecule has 0 aromatic heterocycles. The van der Waals surface area contributed by atoms with E-state index in [0.717, 1.165) is 47.2 Å². The average molecular weight is 479 g/mol. The Hall–Kier alpha value is -3.47. The number of Topliss-reactive ketones (excluding diaryl/α,β-unsaturated/α-hetero) is 1. The summed E-state index contributed by atoms with van der Waals surface area (Å²) in [5.41, 5.74) is 6.03. The quantitative estimate of drug-likeness (QED) is 0.205. The molecule has 0 atom stereocenters. The number of aryl methyl sites for hydroxylation is 1. The van der Waals surface area contributed by atoms with Crippen LogP contribution in [0, 0.1) is 0 Å². The smallest absolute Gasteiger partial charge is 0.170 e. The molecule has 2 aromatic rings. The molecule has 5 nitrogen and oxygen atoms in total. The van der Waals surface area contributed by atoms with Crippen LogP contribution in [0.3, 0.4) is 0 Å². The molecular weight excluding hydrogens is 440 g/mol. The number of benzene rings is 2. The zero-order valence-electron chi connectivity index (χ0n) is 21.5. The minimum absolute atomic E-state index is 0.0652. The molecule has 0 saturated carbocycles. The molecule has 2 aromatic carbocycles. The maximum absolute atomic E-state index is 12.7. The van der Waals surface area contributed by atoms with E-state index in [2.05, 4.69) is 39.0 Å². The fraction of sp³-hybridized carbons (Fsp3) is 0.367. The second kappa shape index (κ2) is 12.8. The summed E-state index contributed by atoms with van der Waals surface area (Å²) in [7, 11) is 0. The molecular formula is C30H38O5. The predicted molar refractivity (Wildman–Crippen MR) is 141 cm³/mol. The fourth-order valence-corrected chi connectivity index (χ4v) is 3.84. The van der Waals surface area contributed by atoms with E-state index in [1.54, 1.807) is 0 Å². The molecule has 0 aliphatic heterocycles. The van der Waals surface area contributed by atoms with Gasteiger partial charge >= 0.3 is 0 Å². The molecule has 4 N–H and O–H groups in total. The molecule has 35 heavy (non-hydrogen) atoms. The zero-order chi connectivity index (χ0) is 26.1. The van der Waals surface area contributed by atoms with Crippen molar-refractivity contribution in [2.75, 3.05) is 0 Å². The molecule has 0 unspecified atom stereocenters. The van der Waals surface area contributed by atoms with Crippen LogP contribution in [-0.4, -0.2) is 26.2 Å². The average Bonchev–Trinajstić information content (AvgIpc) is 2.75. The molecule has 0 radical (unpaired) electrons. The van der Waals surface area contributed by atoms with Crippen molar-refractivity contribution in [2.45, 2.75) is 73.1 Å². The number of allylic oxidation sites excluding steroid dienone is 6. The number of hydrogen-bond donors (Lipinski definition) is 4. The fourth-order valence-electron chi connectivity index (χ4n) is 3.84. The van der Waals surface area contributed by atoms with Crippen LogP contribution in [0.15, 0.2) is 59.2 Å². The Bertz CT molecular complexity index is 1120. The van der Waals surface area contributed by atoms with E-state index in [1.807, 2.05) is 26.0 Å². The lowest BCUT2D eigenvalue weighted by Crippen LogP contribution is -2.03. The Kier molecular flexibility index (Phi) is 10.2. The number of rotatable bonds is 11. The van der Waals surface area contributed by atoms with Gasteiger partial charge in [0.2, 0.25) is 0 Å². The molecule has 0 aliphatic rings. The van der Waals surface area contributed by atoms with E-state index in [9.17, 15) is 25.2 Å². The highest BCUT2D eigenvalue weighted by atomic mass is 16.3. The highest BCUT2D eigenvalue weighted by Crippen LogP contribution is 2.33. The first-order chi connectivity index (χ1) is 16.5. The minimum atomic E-state index is -0.447. The van der Waals surface area contributed by atoms with Crippen molar-refractivity contribution < 1.29 is 25.2 Å². The number of carbonyl (C=O) groups excluding carboxylic acids is 1. The predicted octanol–water partition coefficient (Wildman–Crippen LogP) is 7.07. The van der Waals surface area contributed by atoms with Gasteiger partial charge in [0, 0.05) is 18.6 Å². The van der Waals surface area contributed by atoms with Crippen molar-refractivity contribution in [3.05, 3.63) is 81.5 Å². The number of phenols is 4. The lowest BCUT2D eigenvalue weighted by Gasteiger charge is -2.13. The first kappa shape index (κ1) is 27.8. The van der Waals surface area contributed by atoms with E-state index < -0.39 is 17.3 Å². The Balaban J connectivity index is 2.27. The summed E-state index contributed by atoms with van der Waals surface area (Å²) < 4.78 is 0. The van der Waals surface area contributed by atoms with E-state index >= 15 is 0 Å². The topological polar surface area (TPSA) is 98.0 Å². The molecule has 0 saturated heterocycles. The van der Waals surface area contributed by atoms with Gasteiger partial charge in [-0.15, -0.1) is 0 Å². The van der Waals surface area contributed by atoms with Gasteiger partial charge in [0.1, 0.15) is 28.6 Å². The number of ketones is 1. The van der Waals surface area contributed by atoms with Crippen molar-refractivity contribution in [3.63, 3.8) is 0 Å². The van der Waals surface area contributed by atoms with Gasteiger partial charge in [0.25, 0.3) is 0 Å². The van der Waals surface area contributed by atoms with E-state index in [0.29, 0.717) is 19.3 Å². The largest absolute Gasteiger partial charge is 0.508 e. The van der Waals surface area contributed by atoms with Gasteiger partial charge in [0.15, 0.2) is 5.78 Å². The van der Waals surface area contributed by atoms with Gasteiger partial charge in [-0.1, -0.05) is 47.1 Å². The summed E-state index contributed by atoms with van der Waals surface area (Å²) in [5, 5.41) is 40.4. The summed E-state index contributed by atoms with van der Waals surface area (Å²) in [5.74, 6) is -1.35. The zero-order valence-corrected chi connectivity index (χ0v) is 21.5. The first-order valence-corrected chi connectivity index (χ1v) is 12.0. The molecule has 188 valence electrons. The third kappa shape index (κ3) is 8.67. The summed E-state index contributed by atoms with van der Waals surface area (Å²) in [4.78, 5) is 12.7. The second-order valence-electron chi connectivity index (χ2n) is 9.61. The number of hydrogen-bond acceptors (Lipinski definition) is 5. The van der Waals surface area contributed by atoms with Crippen molar-refractivity contribution >= 4 is 5.78 Å².